The minimum Gasteiger partial charge on any atom is -0.399 e. The van der Waals surface area contributed by atoms with Crippen LogP contribution in [0.3, 0.4) is 0 Å². The topological polar surface area (TPSA) is 49.2 Å². The van der Waals surface area contributed by atoms with Gasteiger partial charge in [0, 0.05) is 11.1 Å². The highest BCUT2D eigenvalue weighted by atomic mass is 35.5. The molecule has 4 rings (SSSR count). The lowest BCUT2D eigenvalue weighted by Crippen LogP contribution is -2.41. The maximum absolute atomic E-state index is 6.53. The molecule has 1 saturated heterocycles. The molecule has 26 heavy (non-hydrogen) atoms. The van der Waals surface area contributed by atoms with Gasteiger partial charge in [-0.1, -0.05) is 17.7 Å². The molecule has 5 nitrogen and oxygen atoms in total. The third-order valence-electron chi connectivity index (χ3n) is 5.28. The second kappa shape index (κ2) is 5.81. The third-order valence-corrected chi connectivity index (χ3v) is 5.59. The van der Waals surface area contributed by atoms with Gasteiger partial charge in [0.2, 0.25) is 0 Å². The van der Waals surface area contributed by atoms with Gasteiger partial charge in [-0.2, -0.15) is 5.10 Å². The van der Waals surface area contributed by atoms with E-state index in [1.807, 2.05) is 65.0 Å². The van der Waals surface area contributed by atoms with Gasteiger partial charge in [0.15, 0.2) is 5.82 Å². The van der Waals surface area contributed by atoms with Crippen molar-refractivity contribution in [2.24, 2.45) is 0 Å². The molecule has 0 N–H and O–H groups in total. The molecule has 7 heteroatoms. The van der Waals surface area contributed by atoms with E-state index < -0.39 is 18.3 Å². The van der Waals surface area contributed by atoms with Crippen molar-refractivity contribution >= 4 is 35.1 Å². The van der Waals surface area contributed by atoms with Crippen molar-refractivity contribution in [2.45, 2.75) is 45.8 Å². The Hall–Kier alpha value is -1.89. The number of aryl methyl sites for hydroxylation is 1. The third kappa shape index (κ3) is 2.73. The minimum absolute atomic E-state index is 0.405. The van der Waals surface area contributed by atoms with Crippen LogP contribution in [0.2, 0.25) is 5.02 Å². The number of aromatic nitrogens is 3. The van der Waals surface area contributed by atoms with E-state index in [-0.39, 0.29) is 0 Å². The summed E-state index contributed by atoms with van der Waals surface area (Å²) in [5.74, 6) is 0.752. The Morgan fingerprint density at radius 2 is 1.77 bits per heavy atom. The van der Waals surface area contributed by atoms with Crippen molar-refractivity contribution < 1.29 is 9.31 Å². The summed E-state index contributed by atoms with van der Waals surface area (Å²) in [4.78, 5) is 4.56. The number of hydrogen-bond acceptors (Lipinski definition) is 4. The first kappa shape index (κ1) is 17.5. The van der Waals surface area contributed by atoms with E-state index in [1.54, 1.807) is 10.9 Å². The summed E-state index contributed by atoms with van der Waals surface area (Å²) < 4.78 is 14.1. The van der Waals surface area contributed by atoms with Crippen LogP contribution >= 0.6 is 11.6 Å². The monoisotopic (exact) mass is 369 g/mol. The van der Waals surface area contributed by atoms with Crippen molar-refractivity contribution in [3.05, 3.63) is 47.2 Å². The zero-order valence-electron chi connectivity index (χ0n) is 15.6. The summed E-state index contributed by atoms with van der Waals surface area (Å²) in [6.45, 7) is 10.1. The van der Waals surface area contributed by atoms with Crippen LogP contribution in [0.1, 0.15) is 33.4 Å². The number of hydrogen-bond donors (Lipinski definition) is 0. The van der Waals surface area contributed by atoms with Gasteiger partial charge in [0.05, 0.1) is 27.9 Å². The molecule has 3 aromatic rings. The van der Waals surface area contributed by atoms with Crippen LogP contribution in [0.5, 0.6) is 0 Å². The fraction of sp³-hybridized carbons (Fsp3) is 0.368. The van der Waals surface area contributed by atoms with Crippen LogP contribution in [0.4, 0.5) is 0 Å². The van der Waals surface area contributed by atoms with Gasteiger partial charge in [-0.15, -0.1) is 0 Å². The smallest absolute Gasteiger partial charge is 0.399 e. The van der Waals surface area contributed by atoms with Gasteiger partial charge in [-0.25, -0.2) is 9.67 Å². The lowest BCUT2D eigenvalue weighted by Gasteiger charge is -2.32. The Labute approximate surface area is 158 Å². The molecule has 0 aliphatic carbocycles. The summed E-state index contributed by atoms with van der Waals surface area (Å²) in [5.41, 5.74) is 1.87. The molecule has 1 fully saturated rings. The van der Waals surface area contributed by atoms with Crippen LogP contribution in [-0.4, -0.2) is 33.1 Å². The largest absolute Gasteiger partial charge is 0.494 e. The summed E-state index contributed by atoms with van der Waals surface area (Å²) in [6, 6.07) is 9.75. The van der Waals surface area contributed by atoms with Crippen molar-refractivity contribution in [1.29, 1.82) is 0 Å². The van der Waals surface area contributed by atoms with Gasteiger partial charge in [0.1, 0.15) is 0 Å². The molecule has 0 radical (unpaired) electrons. The zero-order chi connectivity index (χ0) is 18.7. The number of fused-ring (bicyclic) bond motifs is 1. The quantitative estimate of drug-likeness (QED) is 0.647. The first-order valence-electron chi connectivity index (χ1n) is 8.65. The Kier molecular flexibility index (Phi) is 3.92. The van der Waals surface area contributed by atoms with Gasteiger partial charge in [0.25, 0.3) is 0 Å². The molecule has 0 bridgehead atoms. The summed E-state index contributed by atoms with van der Waals surface area (Å²) in [7, 11) is -0.476. The molecule has 0 spiro atoms. The van der Waals surface area contributed by atoms with Crippen molar-refractivity contribution in [3.8, 4) is 5.82 Å². The molecule has 1 aromatic carbocycles. The second-order valence-corrected chi connectivity index (χ2v) is 8.12. The fourth-order valence-corrected chi connectivity index (χ4v) is 3.32. The van der Waals surface area contributed by atoms with Crippen LogP contribution < -0.4 is 5.46 Å². The number of halogens is 1. The van der Waals surface area contributed by atoms with Crippen LogP contribution in [0.15, 0.2) is 36.5 Å². The zero-order valence-corrected chi connectivity index (χ0v) is 16.3. The average Bonchev–Trinajstić information content (AvgIpc) is 3.06. The van der Waals surface area contributed by atoms with E-state index in [0.29, 0.717) is 5.02 Å². The average molecular weight is 370 g/mol. The van der Waals surface area contributed by atoms with Crippen molar-refractivity contribution in [3.63, 3.8) is 0 Å². The highest BCUT2D eigenvalue weighted by Crippen LogP contribution is 2.37. The summed E-state index contributed by atoms with van der Waals surface area (Å²) in [6.07, 6.45) is 1.76. The van der Waals surface area contributed by atoms with Gasteiger partial charge in [-0.3, -0.25) is 0 Å². The maximum Gasteiger partial charge on any atom is 0.494 e. The molecular weight excluding hydrogens is 348 g/mol. The van der Waals surface area contributed by atoms with E-state index in [9.17, 15) is 0 Å². The van der Waals surface area contributed by atoms with Gasteiger partial charge in [-0.05, 0) is 64.3 Å². The summed E-state index contributed by atoms with van der Waals surface area (Å²) >= 11 is 6.53. The van der Waals surface area contributed by atoms with E-state index in [2.05, 4.69) is 10.1 Å². The Bertz CT molecular complexity index is 984. The minimum atomic E-state index is -0.476. The Morgan fingerprint density at radius 1 is 1.08 bits per heavy atom. The molecule has 3 heterocycles. The first-order chi connectivity index (χ1) is 12.2. The molecule has 1 aliphatic heterocycles. The molecule has 0 unspecified atom stereocenters. The first-order valence-corrected chi connectivity index (χ1v) is 9.03. The predicted molar refractivity (Wildman–Crippen MR) is 104 cm³/mol. The molecule has 134 valence electrons. The molecular formula is C19H21BClN3O2. The number of nitrogens with zero attached hydrogens (tertiary/aromatic N) is 3. The predicted octanol–water partition coefficient (Wildman–Crippen LogP) is 3.68. The maximum atomic E-state index is 6.53. The summed E-state index contributed by atoms with van der Waals surface area (Å²) in [5, 5.41) is 5.97. The highest BCUT2D eigenvalue weighted by Gasteiger charge is 2.51. The molecule has 0 atom stereocenters. The van der Waals surface area contributed by atoms with Gasteiger partial charge < -0.3 is 9.31 Å². The molecule has 0 saturated carbocycles. The second-order valence-electron chi connectivity index (χ2n) is 7.72. The normalized spacial score (nSPS) is 18.6. The van der Waals surface area contributed by atoms with E-state index >= 15 is 0 Å². The standard InChI is InChI=1S/C19H21BClN3O2/c1-12-7-6-8-17(23-12)24-16-10-13(9-15(21)14(16)11-22-24)20-25-18(2,3)19(4,5)26-20/h6-11H,1-5H3. The highest BCUT2D eigenvalue weighted by molar-refractivity contribution is 6.63. The van der Waals surface area contributed by atoms with E-state index in [4.69, 9.17) is 20.9 Å². The number of benzene rings is 1. The molecule has 2 aromatic heterocycles. The molecule has 0 amide bonds. The Morgan fingerprint density at radius 3 is 2.42 bits per heavy atom. The van der Waals surface area contributed by atoms with E-state index in [1.165, 1.54) is 0 Å². The lowest BCUT2D eigenvalue weighted by atomic mass is 9.79. The van der Waals surface area contributed by atoms with Crippen molar-refractivity contribution in [1.82, 2.24) is 14.8 Å². The Balaban J connectivity index is 1.83. The van der Waals surface area contributed by atoms with E-state index in [0.717, 1.165) is 27.9 Å². The number of rotatable bonds is 2. The lowest BCUT2D eigenvalue weighted by molar-refractivity contribution is 0.00578. The molecule has 1 aliphatic rings. The fourth-order valence-electron chi connectivity index (χ4n) is 3.05. The van der Waals surface area contributed by atoms with Gasteiger partial charge >= 0.3 is 7.12 Å². The van der Waals surface area contributed by atoms with Crippen LogP contribution in [0.25, 0.3) is 16.7 Å². The van der Waals surface area contributed by atoms with Crippen LogP contribution in [0, 0.1) is 6.92 Å². The SMILES string of the molecule is Cc1cccc(-n2ncc3c(Cl)cc(B4OC(C)(C)C(C)(C)O4)cc32)n1. The number of pyridine rings is 1. The van der Waals surface area contributed by atoms with Crippen molar-refractivity contribution in [2.75, 3.05) is 0 Å². The van der Waals surface area contributed by atoms with Crippen LogP contribution in [-0.2, 0) is 9.31 Å².